The fourth-order valence-corrected chi connectivity index (χ4v) is 2.59. The van der Waals surface area contributed by atoms with E-state index in [0.717, 1.165) is 6.42 Å². The number of hydrogen-bond acceptors (Lipinski definition) is 1. The Kier molecular flexibility index (Phi) is 4.97. The van der Waals surface area contributed by atoms with Gasteiger partial charge in [-0.05, 0) is 38.3 Å². The molecular formula is C19H25N. The molecule has 0 aliphatic rings. The van der Waals surface area contributed by atoms with Gasteiger partial charge in [0.15, 0.2) is 0 Å². The Morgan fingerprint density at radius 3 is 2.20 bits per heavy atom. The second-order valence-corrected chi connectivity index (χ2v) is 5.67. The molecule has 2 atom stereocenters. The largest absolute Gasteiger partial charge is 0.303 e. The lowest BCUT2D eigenvalue weighted by atomic mass is 10.00. The van der Waals surface area contributed by atoms with Gasteiger partial charge in [0.1, 0.15) is 0 Å². The van der Waals surface area contributed by atoms with E-state index >= 15 is 0 Å². The molecule has 0 aromatic heterocycles. The molecule has 0 bridgehead atoms. The van der Waals surface area contributed by atoms with Gasteiger partial charge in [0.2, 0.25) is 0 Å². The van der Waals surface area contributed by atoms with Gasteiger partial charge in [0.05, 0.1) is 0 Å². The molecule has 0 aliphatic heterocycles. The lowest BCUT2D eigenvalue weighted by Crippen LogP contribution is -2.24. The molecule has 1 N–H and O–H groups in total. The normalized spacial score (nSPS) is 14.0. The van der Waals surface area contributed by atoms with Crippen molar-refractivity contribution in [2.75, 3.05) is 0 Å². The van der Waals surface area contributed by atoms with Crippen molar-refractivity contribution in [1.29, 1.82) is 0 Å². The summed E-state index contributed by atoms with van der Waals surface area (Å²) in [5.74, 6) is 0. The van der Waals surface area contributed by atoms with Gasteiger partial charge in [-0.3, -0.25) is 0 Å². The van der Waals surface area contributed by atoms with Crippen molar-refractivity contribution in [1.82, 2.24) is 5.32 Å². The molecule has 0 aliphatic carbocycles. The van der Waals surface area contributed by atoms with Gasteiger partial charge in [-0.2, -0.15) is 0 Å². The Morgan fingerprint density at radius 1 is 0.900 bits per heavy atom. The maximum atomic E-state index is 3.75. The molecule has 1 heteroatoms. The third kappa shape index (κ3) is 3.71. The number of benzene rings is 2. The van der Waals surface area contributed by atoms with Crippen LogP contribution < -0.4 is 5.32 Å². The highest BCUT2D eigenvalue weighted by atomic mass is 14.9. The lowest BCUT2D eigenvalue weighted by molar-refractivity contribution is 0.456. The van der Waals surface area contributed by atoms with Gasteiger partial charge < -0.3 is 5.32 Å². The Labute approximate surface area is 123 Å². The van der Waals surface area contributed by atoms with Crippen molar-refractivity contribution in [2.24, 2.45) is 0 Å². The molecule has 0 radical (unpaired) electrons. The van der Waals surface area contributed by atoms with Crippen LogP contribution in [0.4, 0.5) is 0 Å². The lowest BCUT2D eigenvalue weighted by Gasteiger charge is -2.23. The summed E-state index contributed by atoms with van der Waals surface area (Å²) >= 11 is 0. The first-order valence-electron chi connectivity index (χ1n) is 7.49. The van der Waals surface area contributed by atoms with E-state index < -0.39 is 0 Å². The summed E-state index contributed by atoms with van der Waals surface area (Å²) in [6.07, 6.45) is 1.10. The first kappa shape index (κ1) is 14.8. The molecule has 0 saturated heterocycles. The zero-order chi connectivity index (χ0) is 14.5. The number of nitrogens with one attached hydrogen (secondary N) is 1. The molecular weight excluding hydrogens is 242 g/mol. The molecule has 106 valence electrons. The fourth-order valence-electron chi connectivity index (χ4n) is 2.59. The molecule has 2 aromatic rings. The Balaban J connectivity index is 2.11. The third-order valence-corrected chi connectivity index (χ3v) is 3.88. The first-order valence-corrected chi connectivity index (χ1v) is 7.49. The van der Waals surface area contributed by atoms with Crippen LogP contribution in [0.1, 0.15) is 54.6 Å². The van der Waals surface area contributed by atoms with E-state index in [4.69, 9.17) is 0 Å². The van der Waals surface area contributed by atoms with Crippen molar-refractivity contribution in [3.05, 3.63) is 70.8 Å². The predicted molar refractivity (Wildman–Crippen MR) is 86.9 cm³/mol. The van der Waals surface area contributed by atoms with Crippen LogP contribution in [0.2, 0.25) is 0 Å². The molecule has 0 spiro atoms. The smallest absolute Gasteiger partial charge is 0.0323 e. The molecule has 2 aromatic carbocycles. The summed E-state index contributed by atoms with van der Waals surface area (Å²) in [4.78, 5) is 0. The first-order chi connectivity index (χ1) is 9.60. The zero-order valence-electron chi connectivity index (χ0n) is 13.0. The average Bonchev–Trinajstić information content (AvgIpc) is 2.45. The van der Waals surface area contributed by atoms with Crippen molar-refractivity contribution < 1.29 is 0 Å². The highest BCUT2D eigenvalue weighted by Gasteiger charge is 2.13. The maximum absolute atomic E-state index is 3.75. The van der Waals surface area contributed by atoms with E-state index in [-0.39, 0.29) is 0 Å². The summed E-state index contributed by atoms with van der Waals surface area (Å²) < 4.78 is 0. The van der Waals surface area contributed by atoms with Crippen LogP contribution in [0.3, 0.4) is 0 Å². The molecule has 20 heavy (non-hydrogen) atoms. The molecule has 0 saturated carbocycles. The van der Waals surface area contributed by atoms with E-state index in [1.807, 2.05) is 0 Å². The maximum Gasteiger partial charge on any atom is 0.0323 e. The van der Waals surface area contributed by atoms with E-state index in [0.29, 0.717) is 12.1 Å². The molecule has 0 amide bonds. The highest BCUT2D eigenvalue weighted by molar-refractivity contribution is 5.27. The number of hydrogen-bond donors (Lipinski definition) is 1. The summed E-state index contributed by atoms with van der Waals surface area (Å²) in [7, 11) is 0. The van der Waals surface area contributed by atoms with Gasteiger partial charge in [-0.25, -0.2) is 0 Å². The van der Waals surface area contributed by atoms with Gasteiger partial charge >= 0.3 is 0 Å². The van der Waals surface area contributed by atoms with Gasteiger partial charge in [0, 0.05) is 12.1 Å². The second-order valence-electron chi connectivity index (χ2n) is 5.67. The Bertz CT molecular complexity index is 542. The van der Waals surface area contributed by atoms with Crippen molar-refractivity contribution in [3.8, 4) is 0 Å². The van der Waals surface area contributed by atoms with Crippen molar-refractivity contribution in [2.45, 2.75) is 46.2 Å². The van der Waals surface area contributed by atoms with Crippen molar-refractivity contribution >= 4 is 0 Å². The van der Waals surface area contributed by atoms with Gasteiger partial charge in [-0.15, -0.1) is 0 Å². The van der Waals surface area contributed by atoms with Gasteiger partial charge in [0.25, 0.3) is 0 Å². The number of rotatable bonds is 5. The molecule has 2 rings (SSSR count). The van der Waals surface area contributed by atoms with Crippen LogP contribution in [0.25, 0.3) is 0 Å². The van der Waals surface area contributed by atoms with Crippen LogP contribution in [-0.4, -0.2) is 0 Å². The SMILES string of the molecule is CCC(N[C@@H](C)c1cccc(C)c1)c1ccc(C)cc1. The average molecular weight is 267 g/mol. The molecule has 0 heterocycles. The van der Waals surface area contributed by atoms with E-state index in [2.05, 4.69) is 81.5 Å². The molecule has 1 nitrogen and oxygen atoms in total. The quantitative estimate of drug-likeness (QED) is 0.794. The standard InChI is InChI=1S/C19H25N/c1-5-19(17-11-9-14(2)10-12-17)20-16(4)18-8-6-7-15(3)13-18/h6-13,16,19-20H,5H2,1-4H3/t16-,19?/m0/s1. The van der Waals surface area contributed by atoms with Crippen LogP contribution in [-0.2, 0) is 0 Å². The summed E-state index contributed by atoms with van der Waals surface area (Å²) in [5, 5.41) is 3.75. The van der Waals surface area contributed by atoms with Crippen LogP contribution in [0.5, 0.6) is 0 Å². The monoisotopic (exact) mass is 267 g/mol. The summed E-state index contributed by atoms with van der Waals surface area (Å²) in [6.45, 7) is 8.76. The van der Waals surface area contributed by atoms with Crippen molar-refractivity contribution in [3.63, 3.8) is 0 Å². The minimum Gasteiger partial charge on any atom is -0.303 e. The number of aryl methyl sites for hydroxylation is 2. The van der Waals surface area contributed by atoms with Crippen LogP contribution in [0.15, 0.2) is 48.5 Å². The Hall–Kier alpha value is -1.60. The highest BCUT2D eigenvalue weighted by Crippen LogP contribution is 2.23. The minimum atomic E-state index is 0.362. The van der Waals surface area contributed by atoms with Crippen LogP contribution >= 0.6 is 0 Å². The topological polar surface area (TPSA) is 12.0 Å². The zero-order valence-corrected chi connectivity index (χ0v) is 13.0. The predicted octanol–water partition coefficient (Wildman–Crippen LogP) is 5.11. The van der Waals surface area contributed by atoms with E-state index in [9.17, 15) is 0 Å². The van der Waals surface area contributed by atoms with E-state index in [1.54, 1.807) is 0 Å². The third-order valence-electron chi connectivity index (χ3n) is 3.88. The Morgan fingerprint density at radius 2 is 1.60 bits per heavy atom. The fraction of sp³-hybridized carbons (Fsp3) is 0.368. The van der Waals surface area contributed by atoms with Crippen LogP contribution in [0, 0.1) is 13.8 Å². The van der Waals surface area contributed by atoms with Gasteiger partial charge in [-0.1, -0.05) is 66.6 Å². The molecule has 0 fully saturated rings. The molecule has 1 unspecified atom stereocenters. The second kappa shape index (κ2) is 6.71. The minimum absolute atomic E-state index is 0.362. The summed E-state index contributed by atoms with van der Waals surface area (Å²) in [6, 6.07) is 18.4. The van der Waals surface area contributed by atoms with E-state index in [1.165, 1.54) is 22.3 Å². The summed E-state index contributed by atoms with van der Waals surface area (Å²) in [5.41, 5.74) is 5.36.